The van der Waals surface area contributed by atoms with Gasteiger partial charge >= 0.3 is 18.0 Å². The number of urea groups is 2. The number of ether oxygens (including phenoxy) is 1. The molecule has 0 aliphatic carbocycles. The maximum absolute atomic E-state index is 13.6. The number of likely N-dealkylation sites (tertiary alicyclic amines) is 2. The number of hydrogen-bond acceptors (Lipinski definition) is 8. The van der Waals surface area contributed by atoms with E-state index in [1.165, 1.54) is 49.7 Å². The zero-order chi connectivity index (χ0) is 40.2. The van der Waals surface area contributed by atoms with Gasteiger partial charge in [0.2, 0.25) is 0 Å². The molecule has 4 heterocycles. The van der Waals surface area contributed by atoms with E-state index in [1.807, 2.05) is 0 Å². The molecule has 2 aromatic carbocycles. The lowest BCUT2D eigenvalue weighted by molar-refractivity contribution is 0.0593. The van der Waals surface area contributed by atoms with Gasteiger partial charge in [-0.3, -0.25) is 19.6 Å². The Labute approximate surface area is 334 Å². The van der Waals surface area contributed by atoms with E-state index in [2.05, 4.69) is 14.7 Å². The number of aromatic nitrogens is 2. The lowest BCUT2D eigenvalue weighted by Gasteiger charge is -2.33. The molecule has 16 heteroatoms. The molecular weight excluding hydrogens is 767 g/mol. The van der Waals surface area contributed by atoms with Crippen LogP contribution in [0.4, 0.5) is 29.7 Å². The molecule has 2 aliphatic rings. The highest BCUT2D eigenvalue weighted by molar-refractivity contribution is 6.31. The van der Waals surface area contributed by atoms with Crippen molar-refractivity contribution in [2.75, 3.05) is 49.6 Å². The summed E-state index contributed by atoms with van der Waals surface area (Å²) in [5.41, 5.74) is 8.28. The molecule has 2 fully saturated rings. The Kier molecular flexibility index (Phi) is 15.1. The van der Waals surface area contributed by atoms with Gasteiger partial charge in [0, 0.05) is 49.9 Å². The SMILES string of the molecule is COC(=O)c1ccc(CN(C(=O)N2CCCCC2)c2ccc(F)c(Cl)c2)cn1.NCC(=O)c1ccc(CN(C(=O)N2CCCCC2)c2ccc(F)c(Cl)c2)cn1. The predicted octanol–water partition coefficient (Wildman–Crippen LogP) is 7.90. The molecule has 56 heavy (non-hydrogen) atoms. The normalized spacial score (nSPS) is 14.0. The Bertz CT molecular complexity index is 1850. The third-order valence-electron chi connectivity index (χ3n) is 9.34. The largest absolute Gasteiger partial charge is 0.464 e. The topological polar surface area (TPSA) is 142 Å². The number of halogens is 4. The third-order valence-corrected chi connectivity index (χ3v) is 9.92. The van der Waals surface area contributed by atoms with Gasteiger partial charge in [0.05, 0.1) is 36.8 Å². The Balaban J connectivity index is 0.000000214. The molecule has 4 aromatic rings. The van der Waals surface area contributed by atoms with Crippen LogP contribution in [-0.4, -0.2) is 83.4 Å². The summed E-state index contributed by atoms with van der Waals surface area (Å²) in [6.07, 6.45) is 9.11. The van der Waals surface area contributed by atoms with Crippen molar-refractivity contribution in [1.29, 1.82) is 0 Å². The zero-order valence-corrected chi connectivity index (χ0v) is 32.4. The summed E-state index contributed by atoms with van der Waals surface area (Å²) in [6.45, 7) is 3.07. The number of benzene rings is 2. The molecule has 0 radical (unpaired) electrons. The predicted molar refractivity (Wildman–Crippen MR) is 210 cm³/mol. The second kappa shape index (κ2) is 20.1. The Hall–Kier alpha value is -5.18. The first-order chi connectivity index (χ1) is 27.0. The fourth-order valence-corrected chi connectivity index (χ4v) is 6.60. The number of hydrogen-bond donors (Lipinski definition) is 1. The van der Waals surface area contributed by atoms with Crippen LogP contribution in [0.15, 0.2) is 73.1 Å². The number of carbonyl (C=O) groups excluding carboxylic acids is 4. The molecule has 0 unspecified atom stereocenters. The van der Waals surface area contributed by atoms with Crippen LogP contribution >= 0.6 is 23.2 Å². The first-order valence-corrected chi connectivity index (χ1v) is 19.0. The number of nitrogens with two attached hydrogens (primary N) is 1. The molecule has 0 spiro atoms. The van der Waals surface area contributed by atoms with Crippen molar-refractivity contribution in [3.05, 3.63) is 117 Å². The number of anilines is 2. The number of Topliss-reactive ketones (excluding diaryl/α,β-unsaturated/α-hetero) is 1. The van der Waals surface area contributed by atoms with E-state index < -0.39 is 17.6 Å². The van der Waals surface area contributed by atoms with E-state index in [0.29, 0.717) is 37.6 Å². The van der Waals surface area contributed by atoms with Gasteiger partial charge in [-0.15, -0.1) is 0 Å². The molecule has 2 aromatic heterocycles. The molecule has 12 nitrogen and oxygen atoms in total. The Morgan fingerprint density at radius 2 is 1.11 bits per heavy atom. The van der Waals surface area contributed by atoms with Gasteiger partial charge in [0.1, 0.15) is 23.0 Å². The molecule has 2 N–H and O–H groups in total. The minimum Gasteiger partial charge on any atom is -0.464 e. The van der Waals surface area contributed by atoms with E-state index in [4.69, 9.17) is 28.9 Å². The van der Waals surface area contributed by atoms with Crippen molar-refractivity contribution in [3.8, 4) is 0 Å². The highest BCUT2D eigenvalue weighted by Crippen LogP contribution is 2.28. The maximum Gasteiger partial charge on any atom is 0.356 e. The van der Waals surface area contributed by atoms with Crippen molar-refractivity contribution < 1.29 is 32.7 Å². The highest BCUT2D eigenvalue weighted by atomic mass is 35.5. The number of piperidine rings is 2. The summed E-state index contributed by atoms with van der Waals surface area (Å²) in [6, 6.07) is 14.7. The molecule has 2 saturated heterocycles. The number of esters is 1. The first kappa shape index (κ1) is 42.0. The average molecular weight is 811 g/mol. The molecule has 0 saturated carbocycles. The van der Waals surface area contributed by atoms with E-state index in [1.54, 1.807) is 50.1 Å². The van der Waals surface area contributed by atoms with Gasteiger partial charge in [-0.05, 0) is 98.2 Å². The van der Waals surface area contributed by atoms with Crippen LogP contribution in [-0.2, 0) is 17.8 Å². The zero-order valence-electron chi connectivity index (χ0n) is 30.9. The Morgan fingerprint density at radius 3 is 1.46 bits per heavy atom. The quantitative estimate of drug-likeness (QED) is 0.133. The monoisotopic (exact) mass is 809 g/mol. The van der Waals surface area contributed by atoms with Crippen LogP contribution < -0.4 is 15.5 Å². The molecule has 0 bridgehead atoms. The minimum absolute atomic E-state index is 0.0454. The van der Waals surface area contributed by atoms with Gasteiger partial charge in [0.25, 0.3) is 0 Å². The Morgan fingerprint density at radius 1 is 0.679 bits per heavy atom. The van der Waals surface area contributed by atoms with Gasteiger partial charge in [-0.25, -0.2) is 28.1 Å². The number of ketones is 1. The van der Waals surface area contributed by atoms with Crippen molar-refractivity contribution in [2.24, 2.45) is 5.73 Å². The molecule has 6 rings (SSSR count). The molecule has 4 amide bonds. The standard InChI is InChI=1S/C20H22ClFN4O2.C20H21ClFN3O3/c21-16-10-15(5-6-17(16)22)26(20(28)25-8-2-1-3-9-25)13-14-4-7-18(24-12-14)19(27)11-23;1-28-19(26)18-8-5-14(12-23-18)13-25(15-6-7-17(22)16(21)11-15)20(27)24-9-3-2-4-10-24/h4-7,10,12H,1-3,8-9,11,13,23H2;5-8,11-12H,2-4,9-10,13H2,1H3. The third kappa shape index (κ3) is 11.0. The second-order valence-corrected chi connectivity index (χ2v) is 14.1. The summed E-state index contributed by atoms with van der Waals surface area (Å²) >= 11 is 11.9. The first-order valence-electron chi connectivity index (χ1n) is 18.2. The number of nitrogens with zero attached hydrogens (tertiary/aromatic N) is 6. The average Bonchev–Trinajstić information content (AvgIpc) is 3.24. The van der Waals surface area contributed by atoms with Crippen molar-refractivity contribution >= 4 is 58.4 Å². The van der Waals surface area contributed by atoms with Crippen LogP contribution in [0.2, 0.25) is 10.0 Å². The number of methoxy groups -OCH3 is 1. The fourth-order valence-electron chi connectivity index (χ4n) is 6.25. The molecule has 2 aliphatic heterocycles. The molecular formula is C40H43Cl2F2N7O5. The number of carbonyl (C=O) groups is 4. The summed E-state index contributed by atoms with van der Waals surface area (Å²) < 4.78 is 31.8. The maximum atomic E-state index is 13.6. The van der Waals surface area contributed by atoms with Crippen LogP contribution in [0.1, 0.15) is 70.6 Å². The van der Waals surface area contributed by atoms with Gasteiger partial charge in [-0.2, -0.15) is 0 Å². The minimum atomic E-state index is -0.542. The van der Waals surface area contributed by atoms with E-state index in [-0.39, 0.29) is 58.9 Å². The summed E-state index contributed by atoms with van der Waals surface area (Å²) in [4.78, 5) is 64.4. The lowest BCUT2D eigenvalue weighted by atomic mass is 10.1. The molecule has 0 atom stereocenters. The number of amides is 4. The summed E-state index contributed by atoms with van der Waals surface area (Å²) in [5, 5.41) is -0.0935. The van der Waals surface area contributed by atoms with Gasteiger partial charge in [-0.1, -0.05) is 35.3 Å². The highest BCUT2D eigenvalue weighted by Gasteiger charge is 2.26. The fraction of sp³-hybridized carbons (Fsp3) is 0.350. The second-order valence-electron chi connectivity index (χ2n) is 13.3. The van der Waals surface area contributed by atoms with E-state index >= 15 is 0 Å². The van der Waals surface area contributed by atoms with E-state index in [0.717, 1.165) is 49.7 Å². The number of pyridine rings is 2. The van der Waals surface area contributed by atoms with Crippen molar-refractivity contribution in [3.63, 3.8) is 0 Å². The van der Waals surface area contributed by atoms with Gasteiger partial charge in [0.15, 0.2) is 5.78 Å². The molecule has 296 valence electrons. The van der Waals surface area contributed by atoms with Crippen LogP contribution in [0.3, 0.4) is 0 Å². The smallest absolute Gasteiger partial charge is 0.356 e. The van der Waals surface area contributed by atoms with Crippen LogP contribution in [0.25, 0.3) is 0 Å². The lowest BCUT2D eigenvalue weighted by Crippen LogP contribution is -2.45. The van der Waals surface area contributed by atoms with Crippen LogP contribution in [0, 0.1) is 11.6 Å². The van der Waals surface area contributed by atoms with Crippen molar-refractivity contribution in [1.82, 2.24) is 19.8 Å². The summed E-state index contributed by atoms with van der Waals surface area (Å²) in [7, 11) is 1.29. The van der Waals surface area contributed by atoms with E-state index in [9.17, 15) is 28.0 Å². The summed E-state index contributed by atoms with van der Waals surface area (Å²) in [5.74, 6) is -1.86. The van der Waals surface area contributed by atoms with Gasteiger partial charge < -0.3 is 20.3 Å². The van der Waals surface area contributed by atoms with Crippen molar-refractivity contribution in [2.45, 2.75) is 51.6 Å². The van der Waals surface area contributed by atoms with Crippen LogP contribution in [0.5, 0.6) is 0 Å². The number of rotatable bonds is 9.